The second-order valence-electron chi connectivity index (χ2n) is 4.76. The Morgan fingerprint density at radius 1 is 1.07 bits per heavy atom. The number of hydrogen-bond donors (Lipinski definition) is 0. The molecular weight excluding hydrogens is 200 g/mol. The largest absolute Gasteiger partial charge is 0.117 e. The molecule has 1 aliphatic heterocycles. The number of thioether (sulfide) groups is 1. The molecule has 0 fully saturated rings. The van der Waals surface area contributed by atoms with Gasteiger partial charge in [0.2, 0.25) is 0 Å². The summed E-state index contributed by atoms with van der Waals surface area (Å²) in [4.78, 5) is 1.51. The van der Waals surface area contributed by atoms with Crippen LogP contribution < -0.4 is 0 Å². The van der Waals surface area contributed by atoms with Crippen molar-refractivity contribution in [3.05, 3.63) is 41.0 Å². The number of benzene rings is 1. The maximum Gasteiger partial charge on any atom is 0.0378 e. The highest BCUT2D eigenvalue weighted by Gasteiger charge is 2.43. The number of hydrogen-bond acceptors (Lipinski definition) is 1. The van der Waals surface area contributed by atoms with E-state index in [1.54, 1.807) is 16.7 Å². The van der Waals surface area contributed by atoms with E-state index in [9.17, 15) is 0 Å². The fourth-order valence-electron chi connectivity index (χ4n) is 2.98. The van der Waals surface area contributed by atoms with Crippen molar-refractivity contribution in [2.24, 2.45) is 5.92 Å². The molecule has 3 atom stereocenters. The summed E-state index contributed by atoms with van der Waals surface area (Å²) in [7, 11) is 0. The first-order valence-corrected chi connectivity index (χ1v) is 6.51. The Hall–Kier alpha value is -0.690. The average Bonchev–Trinajstić information content (AvgIpc) is 2.72. The first kappa shape index (κ1) is 9.53. The minimum absolute atomic E-state index is 0.720. The molecule has 1 aromatic carbocycles. The summed E-state index contributed by atoms with van der Waals surface area (Å²) in [5.74, 6) is 1.47. The molecule has 78 valence electrons. The van der Waals surface area contributed by atoms with Crippen LogP contribution in [-0.4, -0.2) is 5.25 Å². The summed E-state index contributed by atoms with van der Waals surface area (Å²) >= 11 is 2.06. The lowest BCUT2D eigenvalue weighted by molar-refractivity contribution is 0.575. The summed E-state index contributed by atoms with van der Waals surface area (Å²) in [6, 6.07) is 8.92. The Balaban J connectivity index is 2.11. The van der Waals surface area contributed by atoms with Crippen molar-refractivity contribution in [2.75, 3.05) is 0 Å². The van der Waals surface area contributed by atoms with Crippen LogP contribution in [0.2, 0.25) is 0 Å². The predicted molar refractivity (Wildman–Crippen MR) is 66.4 cm³/mol. The standard InChI is InChI=1S/C14H16S/c1-8-9(2)13-11-6-4-5-7-12(11)15-14(13)10(8)3/h4-7,9,13-14H,1-3H3. The van der Waals surface area contributed by atoms with Gasteiger partial charge in [-0.1, -0.05) is 36.3 Å². The number of allylic oxidation sites excluding steroid dienone is 1. The highest BCUT2D eigenvalue weighted by molar-refractivity contribution is 8.00. The minimum Gasteiger partial charge on any atom is -0.117 e. The average molecular weight is 216 g/mol. The molecule has 0 aromatic heterocycles. The lowest BCUT2D eigenvalue weighted by atomic mass is 9.87. The van der Waals surface area contributed by atoms with Gasteiger partial charge in [-0.05, 0) is 31.4 Å². The Morgan fingerprint density at radius 2 is 1.80 bits per heavy atom. The monoisotopic (exact) mass is 216 g/mol. The number of rotatable bonds is 0. The van der Waals surface area contributed by atoms with Crippen LogP contribution in [0.1, 0.15) is 32.3 Å². The van der Waals surface area contributed by atoms with E-state index in [2.05, 4.69) is 56.8 Å². The van der Waals surface area contributed by atoms with Crippen LogP contribution in [0, 0.1) is 5.92 Å². The third kappa shape index (κ3) is 1.16. The van der Waals surface area contributed by atoms with Crippen molar-refractivity contribution in [2.45, 2.75) is 36.8 Å². The molecule has 0 radical (unpaired) electrons. The van der Waals surface area contributed by atoms with Gasteiger partial charge in [0, 0.05) is 16.1 Å². The van der Waals surface area contributed by atoms with E-state index in [0.717, 1.165) is 17.1 Å². The van der Waals surface area contributed by atoms with Gasteiger partial charge in [0.1, 0.15) is 0 Å². The van der Waals surface area contributed by atoms with Crippen LogP contribution >= 0.6 is 11.8 Å². The van der Waals surface area contributed by atoms with Crippen molar-refractivity contribution >= 4 is 11.8 Å². The van der Waals surface area contributed by atoms with E-state index in [1.807, 2.05) is 0 Å². The van der Waals surface area contributed by atoms with E-state index in [1.165, 1.54) is 4.90 Å². The Morgan fingerprint density at radius 3 is 2.60 bits per heavy atom. The third-order valence-corrected chi connectivity index (χ3v) is 5.66. The Kier molecular flexibility index (Phi) is 2.00. The normalized spacial score (nSPS) is 33.1. The summed E-state index contributed by atoms with van der Waals surface area (Å²) in [6.45, 7) is 7.00. The quantitative estimate of drug-likeness (QED) is 0.585. The molecule has 0 N–H and O–H groups in total. The lowest BCUT2D eigenvalue weighted by Gasteiger charge is -2.16. The van der Waals surface area contributed by atoms with E-state index < -0.39 is 0 Å². The maximum absolute atomic E-state index is 2.38. The van der Waals surface area contributed by atoms with Gasteiger partial charge in [0.05, 0.1) is 0 Å². The van der Waals surface area contributed by atoms with Crippen LogP contribution in [0.3, 0.4) is 0 Å². The van der Waals surface area contributed by atoms with Crippen molar-refractivity contribution in [3.63, 3.8) is 0 Å². The first-order valence-electron chi connectivity index (χ1n) is 5.63. The zero-order valence-corrected chi connectivity index (χ0v) is 10.3. The highest BCUT2D eigenvalue weighted by atomic mass is 32.2. The van der Waals surface area contributed by atoms with Gasteiger partial charge in [0.15, 0.2) is 0 Å². The van der Waals surface area contributed by atoms with Crippen LogP contribution in [0.4, 0.5) is 0 Å². The van der Waals surface area contributed by atoms with E-state index >= 15 is 0 Å². The van der Waals surface area contributed by atoms with Gasteiger partial charge in [-0.2, -0.15) is 0 Å². The number of fused-ring (bicyclic) bond motifs is 3. The van der Waals surface area contributed by atoms with Crippen LogP contribution in [0.15, 0.2) is 40.3 Å². The van der Waals surface area contributed by atoms with Crippen molar-refractivity contribution in [1.82, 2.24) is 0 Å². The topological polar surface area (TPSA) is 0 Å². The van der Waals surface area contributed by atoms with Gasteiger partial charge in [0.25, 0.3) is 0 Å². The third-order valence-electron chi connectivity index (χ3n) is 4.13. The lowest BCUT2D eigenvalue weighted by Crippen LogP contribution is -2.10. The Labute approximate surface area is 95.8 Å². The van der Waals surface area contributed by atoms with Gasteiger partial charge < -0.3 is 0 Å². The molecule has 3 rings (SSSR count). The summed E-state index contributed by atoms with van der Waals surface area (Å²) < 4.78 is 0. The molecule has 1 aromatic rings. The van der Waals surface area contributed by atoms with Crippen LogP contribution in [-0.2, 0) is 0 Å². The van der Waals surface area contributed by atoms with Crippen molar-refractivity contribution in [3.8, 4) is 0 Å². The molecule has 1 aliphatic carbocycles. The SMILES string of the molecule is CC1=C(C)C2Sc3ccccc3C2C1C. The molecule has 0 spiro atoms. The molecule has 0 nitrogen and oxygen atoms in total. The van der Waals surface area contributed by atoms with Crippen LogP contribution in [0.5, 0.6) is 0 Å². The molecule has 15 heavy (non-hydrogen) atoms. The van der Waals surface area contributed by atoms with Crippen molar-refractivity contribution in [1.29, 1.82) is 0 Å². The fourth-order valence-corrected chi connectivity index (χ4v) is 4.64. The van der Waals surface area contributed by atoms with Gasteiger partial charge in [-0.3, -0.25) is 0 Å². The minimum atomic E-state index is 0.720. The van der Waals surface area contributed by atoms with Gasteiger partial charge in [-0.25, -0.2) is 0 Å². The second-order valence-corrected chi connectivity index (χ2v) is 5.94. The molecule has 0 amide bonds. The van der Waals surface area contributed by atoms with Crippen LogP contribution in [0.25, 0.3) is 0 Å². The maximum atomic E-state index is 2.38. The molecule has 0 saturated carbocycles. The molecule has 2 aliphatic rings. The molecule has 0 bridgehead atoms. The predicted octanol–water partition coefficient (Wildman–Crippen LogP) is 4.23. The fraction of sp³-hybridized carbons (Fsp3) is 0.429. The van der Waals surface area contributed by atoms with E-state index in [0.29, 0.717) is 0 Å². The van der Waals surface area contributed by atoms with E-state index in [4.69, 9.17) is 0 Å². The zero-order valence-electron chi connectivity index (χ0n) is 9.45. The van der Waals surface area contributed by atoms with Crippen molar-refractivity contribution < 1.29 is 0 Å². The van der Waals surface area contributed by atoms with Gasteiger partial charge >= 0.3 is 0 Å². The highest BCUT2D eigenvalue weighted by Crippen LogP contribution is 2.57. The smallest absolute Gasteiger partial charge is 0.0378 e. The summed E-state index contributed by atoms with van der Waals surface area (Å²) in [5, 5.41) is 0.720. The molecular formula is C14H16S. The zero-order chi connectivity index (χ0) is 10.6. The molecule has 1 heteroatoms. The molecule has 3 unspecified atom stereocenters. The van der Waals surface area contributed by atoms with E-state index in [-0.39, 0.29) is 0 Å². The Bertz CT molecular complexity index is 444. The molecule has 1 heterocycles. The molecule has 0 saturated heterocycles. The summed E-state index contributed by atoms with van der Waals surface area (Å²) in [5.41, 5.74) is 4.82. The first-order chi connectivity index (χ1) is 7.20. The second kappa shape index (κ2) is 3.15. The summed E-state index contributed by atoms with van der Waals surface area (Å²) in [6.07, 6.45) is 0. The van der Waals surface area contributed by atoms with Gasteiger partial charge in [-0.15, -0.1) is 11.8 Å².